The maximum atomic E-state index is 13.3. The van der Waals surface area contributed by atoms with E-state index in [9.17, 15) is 9.18 Å². The van der Waals surface area contributed by atoms with Crippen molar-refractivity contribution in [2.45, 2.75) is 37.3 Å². The highest BCUT2D eigenvalue weighted by atomic mass is 19.1. The van der Waals surface area contributed by atoms with Crippen molar-refractivity contribution in [2.24, 2.45) is 5.73 Å². The van der Waals surface area contributed by atoms with Crippen LogP contribution in [0.25, 0.3) is 0 Å². The van der Waals surface area contributed by atoms with Crippen molar-refractivity contribution in [3.05, 3.63) is 35.6 Å². The molecule has 2 rings (SSSR count). The molecule has 0 unspecified atom stereocenters. The van der Waals surface area contributed by atoms with Gasteiger partial charge in [-0.3, -0.25) is 0 Å². The van der Waals surface area contributed by atoms with E-state index >= 15 is 0 Å². The highest BCUT2D eigenvalue weighted by Crippen LogP contribution is 2.36. The minimum absolute atomic E-state index is 0.101. The summed E-state index contributed by atoms with van der Waals surface area (Å²) in [6, 6.07) is 6.84. The van der Waals surface area contributed by atoms with Crippen LogP contribution in [0.5, 0.6) is 0 Å². The van der Waals surface area contributed by atoms with Crippen molar-refractivity contribution in [3.63, 3.8) is 0 Å². The van der Waals surface area contributed by atoms with Gasteiger partial charge in [-0.15, -0.1) is 0 Å². The van der Waals surface area contributed by atoms with Crippen LogP contribution in [0, 0.1) is 5.82 Å². The first-order valence-corrected chi connectivity index (χ1v) is 6.85. The third-order valence-electron chi connectivity index (χ3n) is 4.01. The largest absolute Gasteiger partial charge is 0.445 e. The van der Waals surface area contributed by atoms with Gasteiger partial charge in [0.1, 0.15) is 11.9 Å². The fourth-order valence-electron chi connectivity index (χ4n) is 3.01. The van der Waals surface area contributed by atoms with Crippen molar-refractivity contribution in [1.82, 2.24) is 4.90 Å². The molecule has 4 nitrogen and oxygen atoms in total. The summed E-state index contributed by atoms with van der Waals surface area (Å²) in [5, 5.41) is 0. The Bertz CT molecular complexity index is 479. The smallest absolute Gasteiger partial charge is 0.404 e. The Morgan fingerprint density at radius 2 is 2.15 bits per heavy atom. The van der Waals surface area contributed by atoms with Gasteiger partial charge in [-0.2, -0.15) is 0 Å². The van der Waals surface area contributed by atoms with E-state index in [1.54, 1.807) is 12.1 Å². The minimum atomic E-state index is -0.731. The molecular weight excluding hydrogens is 259 g/mol. The maximum absolute atomic E-state index is 13.3. The van der Waals surface area contributed by atoms with Crippen molar-refractivity contribution in [2.75, 3.05) is 14.1 Å². The molecule has 0 aromatic heterocycles. The van der Waals surface area contributed by atoms with Gasteiger partial charge in [0.15, 0.2) is 0 Å². The quantitative estimate of drug-likeness (QED) is 0.925. The normalized spacial score (nSPS) is 26.5. The molecule has 2 N–H and O–H groups in total. The Labute approximate surface area is 118 Å². The summed E-state index contributed by atoms with van der Waals surface area (Å²) >= 11 is 0. The Balaban J connectivity index is 2.12. The zero-order chi connectivity index (χ0) is 14.7. The Kier molecular flexibility index (Phi) is 4.60. The molecular formula is C15H21FN2O2. The number of carbonyl (C=O) groups excluding carboxylic acids is 1. The average molecular weight is 280 g/mol. The van der Waals surface area contributed by atoms with Crippen LogP contribution in [0.4, 0.5) is 9.18 Å². The van der Waals surface area contributed by atoms with E-state index in [0.717, 1.165) is 24.8 Å². The molecule has 1 aliphatic rings. The molecule has 1 fully saturated rings. The number of carbonyl (C=O) groups is 1. The summed E-state index contributed by atoms with van der Waals surface area (Å²) in [6.07, 6.45) is 1.52. The third-order valence-corrected chi connectivity index (χ3v) is 4.01. The van der Waals surface area contributed by atoms with E-state index in [4.69, 9.17) is 10.5 Å². The second kappa shape index (κ2) is 6.22. The molecule has 3 atom stereocenters. The number of hydrogen-bond donors (Lipinski definition) is 1. The molecule has 0 saturated heterocycles. The Morgan fingerprint density at radius 1 is 1.40 bits per heavy atom. The number of rotatable bonds is 3. The zero-order valence-corrected chi connectivity index (χ0v) is 11.9. The van der Waals surface area contributed by atoms with E-state index in [1.165, 1.54) is 6.07 Å². The lowest BCUT2D eigenvalue weighted by Crippen LogP contribution is -2.46. The number of amides is 1. The van der Waals surface area contributed by atoms with Crippen LogP contribution in [0.1, 0.15) is 30.7 Å². The van der Waals surface area contributed by atoms with Gasteiger partial charge in [0, 0.05) is 6.04 Å². The number of nitrogens with two attached hydrogens (primary N) is 1. The molecule has 0 aliphatic heterocycles. The summed E-state index contributed by atoms with van der Waals surface area (Å²) in [5.74, 6) is 0.0743. The number of nitrogens with zero attached hydrogens (tertiary/aromatic N) is 1. The highest BCUT2D eigenvalue weighted by Gasteiger charge is 2.34. The predicted molar refractivity (Wildman–Crippen MR) is 74.9 cm³/mol. The van der Waals surface area contributed by atoms with Crippen molar-refractivity contribution in [1.29, 1.82) is 0 Å². The molecule has 1 aliphatic carbocycles. The number of likely N-dealkylation sites (N-methyl/N-ethyl adjacent to an activating group) is 1. The van der Waals surface area contributed by atoms with Crippen molar-refractivity contribution >= 4 is 6.09 Å². The SMILES string of the molecule is CN(C)[C@H]1C[C@@H](c2cccc(F)c2)CC[C@@H]1OC(N)=O. The fraction of sp³-hybridized carbons (Fsp3) is 0.533. The van der Waals surface area contributed by atoms with E-state index in [0.29, 0.717) is 0 Å². The first-order chi connectivity index (χ1) is 9.47. The molecule has 0 bridgehead atoms. The van der Waals surface area contributed by atoms with Crippen molar-refractivity contribution in [3.8, 4) is 0 Å². The number of halogens is 1. The van der Waals surface area contributed by atoms with Crippen LogP contribution < -0.4 is 5.73 Å². The molecule has 5 heteroatoms. The summed E-state index contributed by atoms with van der Waals surface area (Å²) in [4.78, 5) is 13.0. The average Bonchev–Trinajstić information content (AvgIpc) is 2.38. The van der Waals surface area contributed by atoms with Gasteiger partial charge in [0.05, 0.1) is 0 Å². The van der Waals surface area contributed by atoms with E-state index in [2.05, 4.69) is 0 Å². The van der Waals surface area contributed by atoms with Crippen LogP contribution in [-0.2, 0) is 4.74 Å². The standard InChI is InChI=1S/C15H21FN2O2/c1-18(2)13-9-11(6-7-14(13)20-15(17)19)10-4-3-5-12(16)8-10/h3-5,8,11,13-14H,6-7,9H2,1-2H3,(H2,17,19)/t11-,13-,14-/m0/s1. The van der Waals surface area contributed by atoms with Crippen molar-refractivity contribution < 1.29 is 13.9 Å². The fourth-order valence-corrected chi connectivity index (χ4v) is 3.01. The van der Waals surface area contributed by atoms with E-state index in [1.807, 2.05) is 25.1 Å². The van der Waals surface area contributed by atoms with Gasteiger partial charge >= 0.3 is 6.09 Å². The second-order valence-electron chi connectivity index (χ2n) is 5.57. The topological polar surface area (TPSA) is 55.6 Å². The monoisotopic (exact) mass is 280 g/mol. The van der Waals surface area contributed by atoms with Gasteiger partial charge in [-0.25, -0.2) is 9.18 Å². The minimum Gasteiger partial charge on any atom is -0.445 e. The summed E-state index contributed by atoms with van der Waals surface area (Å²) in [7, 11) is 3.91. The number of ether oxygens (including phenoxy) is 1. The number of benzene rings is 1. The van der Waals surface area contributed by atoms with Gasteiger partial charge in [-0.05, 0) is 57.0 Å². The molecule has 20 heavy (non-hydrogen) atoms. The molecule has 0 radical (unpaired) electrons. The number of hydrogen-bond acceptors (Lipinski definition) is 3. The summed E-state index contributed by atoms with van der Waals surface area (Å²) in [6.45, 7) is 0. The Hall–Kier alpha value is -1.62. The molecule has 1 saturated carbocycles. The summed E-state index contributed by atoms with van der Waals surface area (Å²) in [5.41, 5.74) is 6.13. The molecule has 0 heterocycles. The number of primary amides is 1. The van der Waals surface area contributed by atoms with Gasteiger partial charge in [0.25, 0.3) is 0 Å². The molecule has 110 valence electrons. The lowest BCUT2D eigenvalue weighted by molar-refractivity contribution is 0.0195. The van der Waals surface area contributed by atoms with Crippen LogP contribution >= 0.6 is 0 Å². The lowest BCUT2D eigenvalue weighted by Gasteiger charge is -2.39. The lowest BCUT2D eigenvalue weighted by atomic mass is 9.79. The van der Waals surface area contributed by atoms with Crippen LogP contribution in [-0.4, -0.2) is 37.2 Å². The van der Waals surface area contributed by atoms with E-state index < -0.39 is 6.09 Å². The third kappa shape index (κ3) is 3.48. The predicted octanol–water partition coefficient (Wildman–Crippen LogP) is 2.49. The first kappa shape index (κ1) is 14.8. The van der Waals surface area contributed by atoms with Crippen LogP contribution in [0.2, 0.25) is 0 Å². The van der Waals surface area contributed by atoms with Gasteiger partial charge in [-0.1, -0.05) is 12.1 Å². The highest BCUT2D eigenvalue weighted by molar-refractivity contribution is 5.64. The second-order valence-corrected chi connectivity index (χ2v) is 5.57. The molecule has 1 aromatic carbocycles. The van der Waals surface area contributed by atoms with Crippen LogP contribution in [0.3, 0.4) is 0 Å². The van der Waals surface area contributed by atoms with Gasteiger partial charge in [0.2, 0.25) is 0 Å². The Morgan fingerprint density at radius 3 is 2.75 bits per heavy atom. The zero-order valence-electron chi connectivity index (χ0n) is 11.9. The van der Waals surface area contributed by atoms with E-state index in [-0.39, 0.29) is 23.9 Å². The van der Waals surface area contributed by atoms with Gasteiger partial charge < -0.3 is 15.4 Å². The summed E-state index contributed by atoms with van der Waals surface area (Å²) < 4.78 is 18.5. The maximum Gasteiger partial charge on any atom is 0.404 e. The first-order valence-electron chi connectivity index (χ1n) is 6.85. The van der Waals surface area contributed by atoms with Crippen LogP contribution in [0.15, 0.2) is 24.3 Å². The molecule has 1 aromatic rings. The molecule has 1 amide bonds. The molecule has 0 spiro atoms.